The van der Waals surface area contributed by atoms with Crippen LogP contribution in [0.3, 0.4) is 0 Å². The van der Waals surface area contributed by atoms with Crippen LogP contribution in [0.25, 0.3) is 0 Å². The van der Waals surface area contributed by atoms with E-state index in [-0.39, 0.29) is 40.8 Å². The highest BCUT2D eigenvalue weighted by molar-refractivity contribution is 7.53. The number of nitrogens with zero attached hydrogens (tertiary/aromatic N) is 2. The number of hydrogen-bond donors (Lipinski definition) is 5. The molecule has 5 N–H and O–H groups in total. The molecule has 1 aromatic heterocycles. The van der Waals surface area contributed by atoms with Crippen molar-refractivity contribution in [1.82, 2.24) is 15.3 Å². The largest absolute Gasteiger partial charge is 0.421 e. The highest BCUT2D eigenvalue weighted by atomic mass is 35.5. The molecule has 14 heteroatoms. The molecule has 0 radical (unpaired) electrons. The van der Waals surface area contributed by atoms with E-state index in [0.717, 1.165) is 0 Å². The number of carbonyl (C=O) groups is 1. The number of alkyl halides is 3. The van der Waals surface area contributed by atoms with Gasteiger partial charge in [-0.15, -0.1) is 0 Å². The molecule has 0 fully saturated rings. The summed E-state index contributed by atoms with van der Waals surface area (Å²) in [7, 11) is -3.16. The third kappa shape index (κ3) is 5.94. The summed E-state index contributed by atoms with van der Waals surface area (Å²) in [5, 5.41) is 6.37. The summed E-state index contributed by atoms with van der Waals surface area (Å²) in [5.74, 6) is -1.34. The van der Waals surface area contributed by atoms with Crippen LogP contribution in [-0.2, 0) is 15.9 Å². The lowest BCUT2D eigenvalue weighted by atomic mass is 9.92. The van der Waals surface area contributed by atoms with Gasteiger partial charge in [0, 0.05) is 13.2 Å². The summed E-state index contributed by atoms with van der Waals surface area (Å²) in [6, 6.07) is 10.3. The number of halogens is 4. The van der Waals surface area contributed by atoms with Crippen molar-refractivity contribution in [2.75, 3.05) is 17.7 Å². The van der Waals surface area contributed by atoms with Crippen LogP contribution in [0.15, 0.2) is 48.7 Å². The number of amides is 1. The molecule has 0 atom stereocenters. The van der Waals surface area contributed by atoms with Crippen molar-refractivity contribution >= 4 is 48.2 Å². The van der Waals surface area contributed by atoms with Crippen LogP contribution in [-0.4, -0.2) is 32.7 Å². The molecule has 0 aliphatic heterocycles. The lowest BCUT2D eigenvalue weighted by Gasteiger charge is -2.33. The molecule has 1 heterocycles. The summed E-state index contributed by atoms with van der Waals surface area (Å²) in [6.07, 6.45) is -3.89. The number of rotatable bonds is 9. The van der Waals surface area contributed by atoms with Crippen LogP contribution in [0.1, 0.15) is 48.2 Å². The van der Waals surface area contributed by atoms with E-state index >= 15 is 0 Å². The Morgan fingerprint density at radius 3 is 2.26 bits per heavy atom. The smallest absolute Gasteiger partial charge is 0.355 e. The van der Waals surface area contributed by atoms with E-state index in [2.05, 4.69) is 25.9 Å². The molecule has 2 aromatic carbocycles. The van der Waals surface area contributed by atoms with Gasteiger partial charge in [-0.05, 0) is 42.7 Å². The molecule has 1 amide bonds. The van der Waals surface area contributed by atoms with Crippen molar-refractivity contribution in [2.45, 2.75) is 38.0 Å². The second kappa shape index (κ2) is 11.3. The Morgan fingerprint density at radius 2 is 1.71 bits per heavy atom. The van der Waals surface area contributed by atoms with Gasteiger partial charge in [-0.2, -0.15) is 18.2 Å². The molecule has 0 unspecified atom stereocenters. The maximum atomic E-state index is 13.7. The van der Waals surface area contributed by atoms with Gasteiger partial charge in [0.1, 0.15) is 11.4 Å². The molecule has 0 aliphatic rings. The monoisotopic (exact) mass is 571 g/mol. The van der Waals surface area contributed by atoms with Crippen molar-refractivity contribution in [3.63, 3.8) is 0 Å². The van der Waals surface area contributed by atoms with Crippen LogP contribution in [0.2, 0.25) is 5.02 Å². The number of benzene rings is 2. The van der Waals surface area contributed by atoms with Gasteiger partial charge in [0.05, 0.1) is 27.1 Å². The SMILES string of the molecule is CCC(CC)(c1ccc(Nc2ncc(C(F)(F)F)c(Nc3ccccc3C(=O)NC)n2)c(Cl)c1)P(=O)(O)O. The van der Waals surface area contributed by atoms with Crippen LogP contribution >= 0.6 is 19.2 Å². The Kier molecular flexibility index (Phi) is 8.72. The Morgan fingerprint density at radius 1 is 1.05 bits per heavy atom. The Hall–Kier alpha value is -3.18. The minimum atomic E-state index is -4.80. The standard InChI is InChI=1S/C24H26ClF3N5O4P/c1-4-23(5-2,38(35,36)37)14-10-11-19(17(25)12-14)32-22-30-13-16(24(26,27)28)20(33-22)31-18-9-7-6-8-15(18)21(34)29-3/h6-13H,4-5H2,1-3H3,(H,29,34)(H2,35,36,37)(H2,30,31,32,33). The molecule has 0 bridgehead atoms. The van der Waals surface area contributed by atoms with Crippen molar-refractivity contribution in [2.24, 2.45) is 0 Å². The average Bonchev–Trinajstić information content (AvgIpc) is 2.85. The second-order valence-electron chi connectivity index (χ2n) is 8.31. The fraction of sp³-hybridized carbons (Fsp3) is 0.292. The van der Waals surface area contributed by atoms with E-state index in [1.54, 1.807) is 26.0 Å². The Bertz CT molecular complexity index is 1380. The Labute approximate surface area is 222 Å². The van der Waals surface area contributed by atoms with Crippen molar-refractivity contribution < 1.29 is 32.3 Å². The van der Waals surface area contributed by atoms with E-state index < -0.39 is 36.2 Å². The first kappa shape index (κ1) is 29.4. The molecule has 0 saturated heterocycles. The predicted octanol–water partition coefficient (Wildman–Crippen LogP) is 6.19. The number of nitrogens with one attached hydrogen (secondary N) is 3. The molecule has 0 saturated carbocycles. The van der Waals surface area contributed by atoms with Gasteiger partial charge in [-0.1, -0.05) is 43.6 Å². The molecule has 0 aliphatic carbocycles. The number of aromatic nitrogens is 2. The van der Waals surface area contributed by atoms with Crippen LogP contribution < -0.4 is 16.0 Å². The quantitative estimate of drug-likeness (QED) is 0.192. The van der Waals surface area contributed by atoms with E-state index in [1.165, 1.54) is 37.4 Å². The maximum absolute atomic E-state index is 13.7. The van der Waals surface area contributed by atoms with E-state index in [4.69, 9.17) is 11.6 Å². The van der Waals surface area contributed by atoms with Gasteiger partial charge < -0.3 is 25.7 Å². The lowest BCUT2D eigenvalue weighted by molar-refractivity contribution is -0.137. The first-order chi connectivity index (χ1) is 17.8. The zero-order valence-electron chi connectivity index (χ0n) is 20.6. The summed E-state index contributed by atoms with van der Waals surface area (Å²) < 4.78 is 53.4. The van der Waals surface area contributed by atoms with E-state index in [9.17, 15) is 32.3 Å². The third-order valence-electron chi connectivity index (χ3n) is 6.23. The summed E-state index contributed by atoms with van der Waals surface area (Å²) in [5.41, 5.74) is -0.423. The van der Waals surface area contributed by atoms with Gasteiger partial charge in [0.15, 0.2) is 0 Å². The van der Waals surface area contributed by atoms with Gasteiger partial charge in [0.25, 0.3) is 5.91 Å². The maximum Gasteiger partial charge on any atom is 0.421 e. The lowest BCUT2D eigenvalue weighted by Crippen LogP contribution is -2.24. The van der Waals surface area contributed by atoms with Crippen LogP contribution in [0.5, 0.6) is 0 Å². The molecule has 204 valence electrons. The van der Waals surface area contributed by atoms with Crippen molar-refractivity contribution in [3.8, 4) is 0 Å². The van der Waals surface area contributed by atoms with Gasteiger partial charge in [0.2, 0.25) is 5.95 Å². The first-order valence-corrected chi connectivity index (χ1v) is 13.4. The molecule has 3 aromatic rings. The number of carbonyl (C=O) groups excluding carboxylic acids is 1. The van der Waals surface area contributed by atoms with Crippen molar-refractivity contribution in [1.29, 1.82) is 0 Å². The number of hydrogen-bond acceptors (Lipinski definition) is 6. The summed E-state index contributed by atoms with van der Waals surface area (Å²) in [6.45, 7) is 3.32. The number of para-hydroxylation sites is 1. The van der Waals surface area contributed by atoms with E-state index in [1.807, 2.05) is 0 Å². The molecule has 9 nitrogen and oxygen atoms in total. The second-order valence-corrected chi connectivity index (χ2v) is 10.7. The average molecular weight is 572 g/mol. The highest BCUT2D eigenvalue weighted by Gasteiger charge is 2.45. The molecule has 3 rings (SSSR count). The summed E-state index contributed by atoms with van der Waals surface area (Å²) in [4.78, 5) is 39.9. The van der Waals surface area contributed by atoms with Gasteiger partial charge in [-0.25, -0.2) is 4.98 Å². The fourth-order valence-electron chi connectivity index (χ4n) is 4.06. The minimum Gasteiger partial charge on any atom is -0.355 e. The molecular weight excluding hydrogens is 546 g/mol. The number of anilines is 4. The minimum absolute atomic E-state index is 0.0604. The van der Waals surface area contributed by atoms with Gasteiger partial charge in [-0.3, -0.25) is 9.36 Å². The first-order valence-electron chi connectivity index (χ1n) is 11.4. The Balaban J connectivity index is 2.01. The molecule has 38 heavy (non-hydrogen) atoms. The third-order valence-corrected chi connectivity index (χ3v) is 8.54. The normalized spacial score (nSPS) is 12.2. The topological polar surface area (TPSA) is 136 Å². The molecule has 0 spiro atoms. The molecular formula is C24H26ClF3N5O4P. The summed E-state index contributed by atoms with van der Waals surface area (Å²) >= 11 is 6.38. The van der Waals surface area contributed by atoms with Crippen LogP contribution in [0.4, 0.5) is 36.3 Å². The zero-order chi connectivity index (χ0) is 28.3. The van der Waals surface area contributed by atoms with Crippen LogP contribution in [0, 0.1) is 0 Å². The van der Waals surface area contributed by atoms with E-state index in [0.29, 0.717) is 11.8 Å². The van der Waals surface area contributed by atoms with Gasteiger partial charge >= 0.3 is 13.8 Å². The fourth-order valence-corrected chi connectivity index (χ4v) is 5.59. The van der Waals surface area contributed by atoms with Crippen molar-refractivity contribution in [3.05, 3.63) is 70.4 Å². The zero-order valence-corrected chi connectivity index (χ0v) is 22.2. The predicted molar refractivity (Wildman–Crippen MR) is 139 cm³/mol. The highest BCUT2D eigenvalue weighted by Crippen LogP contribution is 2.61.